The number of benzene rings is 6. The van der Waals surface area contributed by atoms with Gasteiger partial charge in [-0.15, -0.1) is 0 Å². The Labute approximate surface area is 377 Å². The number of para-hydroxylation sites is 1. The van der Waals surface area contributed by atoms with Crippen LogP contribution in [-0.2, 0) is 0 Å². The first-order valence-corrected chi connectivity index (χ1v) is 23.1. The second-order valence-corrected chi connectivity index (χ2v) is 20.0. The molecule has 1 aliphatic carbocycles. The lowest BCUT2D eigenvalue weighted by Gasteiger charge is -2.44. The van der Waals surface area contributed by atoms with Crippen molar-refractivity contribution >= 4 is 40.1 Å². The van der Waals surface area contributed by atoms with Gasteiger partial charge in [0.2, 0.25) is 0 Å². The molecule has 0 saturated carbocycles. The quantitative estimate of drug-likeness (QED) is 0.114. The summed E-state index contributed by atoms with van der Waals surface area (Å²) in [4.78, 5) is 2.34. The maximum absolute atomic E-state index is 5.61. The molecule has 1 aromatic heterocycles. The highest BCUT2D eigenvalue weighted by atomic mass is 16.5. The van der Waals surface area contributed by atoms with Gasteiger partial charge in [0.1, 0.15) is 5.75 Å². The second-order valence-electron chi connectivity index (χ2n) is 20.0. The fourth-order valence-corrected chi connectivity index (χ4v) is 10.1. The summed E-state index contributed by atoms with van der Waals surface area (Å²) in [6.45, 7) is 19.4. The molecule has 0 N–H and O–H groups in total. The summed E-state index contributed by atoms with van der Waals surface area (Å²) in [5.41, 5.74) is 11.0. The molecule has 0 spiro atoms. The van der Waals surface area contributed by atoms with Gasteiger partial charge in [-0.3, -0.25) is 0 Å². The number of allylic oxidation sites excluding steroid dienone is 2. The largest absolute Gasteiger partial charge is 0.497 e. The Morgan fingerprint density at radius 2 is 1.24 bits per heavy atom. The van der Waals surface area contributed by atoms with Crippen LogP contribution in [0.1, 0.15) is 74.7 Å². The van der Waals surface area contributed by atoms with Gasteiger partial charge in [-0.1, -0.05) is 159 Å². The molecule has 1 heterocycles. The summed E-state index contributed by atoms with van der Waals surface area (Å²) < 4.78 is 8.09. The normalized spacial score (nSPS) is 16.5. The first-order chi connectivity index (χ1) is 30.3. The maximum Gasteiger partial charge on any atom is 0.119 e. The summed E-state index contributed by atoms with van der Waals surface area (Å²) in [5.74, 6) is 2.72. The zero-order valence-corrected chi connectivity index (χ0v) is 39.0. The Kier molecular flexibility index (Phi) is 12.7. The summed E-state index contributed by atoms with van der Waals surface area (Å²) >= 11 is 0. The van der Waals surface area contributed by atoms with E-state index in [-0.39, 0.29) is 10.8 Å². The zero-order valence-electron chi connectivity index (χ0n) is 39.0. The van der Waals surface area contributed by atoms with E-state index in [0.717, 1.165) is 41.3 Å². The van der Waals surface area contributed by atoms with E-state index in [4.69, 9.17) is 4.74 Å². The molecule has 0 bridgehead atoms. The molecule has 1 aliphatic rings. The highest BCUT2D eigenvalue weighted by Gasteiger charge is 2.39. The highest BCUT2D eigenvalue weighted by Crippen LogP contribution is 2.47. The minimum absolute atomic E-state index is 0.176. The van der Waals surface area contributed by atoms with Crippen molar-refractivity contribution in [2.45, 2.75) is 74.7 Å². The molecule has 0 aliphatic heterocycles. The number of rotatable bonds is 12. The number of fused-ring (bicyclic) bond motifs is 3. The molecule has 4 atom stereocenters. The van der Waals surface area contributed by atoms with E-state index in [2.05, 4.69) is 241 Å². The van der Waals surface area contributed by atoms with Crippen molar-refractivity contribution in [2.24, 2.45) is 34.5 Å². The van der Waals surface area contributed by atoms with E-state index in [9.17, 15) is 0 Å². The Hall–Kier alpha value is -6.06. The molecule has 6 aromatic carbocycles. The van der Waals surface area contributed by atoms with Gasteiger partial charge >= 0.3 is 0 Å². The van der Waals surface area contributed by atoms with Gasteiger partial charge in [-0.2, -0.15) is 0 Å². The molecule has 0 radical (unpaired) electrons. The molecule has 3 nitrogen and oxygen atoms in total. The van der Waals surface area contributed by atoms with Crippen LogP contribution in [0.5, 0.6) is 5.75 Å². The van der Waals surface area contributed by atoms with E-state index in [1.165, 1.54) is 50.1 Å². The van der Waals surface area contributed by atoms with E-state index < -0.39 is 0 Å². The summed E-state index contributed by atoms with van der Waals surface area (Å²) in [6.07, 6.45) is 13.5. The third-order valence-electron chi connectivity index (χ3n) is 13.3. The van der Waals surface area contributed by atoms with Gasteiger partial charge in [0.05, 0.1) is 18.0 Å². The van der Waals surface area contributed by atoms with Crippen LogP contribution in [0.3, 0.4) is 0 Å². The average Bonchev–Trinajstić information content (AvgIpc) is 3.48. The van der Waals surface area contributed by atoms with Crippen LogP contribution in [0, 0.1) is 34.5 Å². The van der Waals surface area contributed by atoms with Crippen LogP contribution in [0.15, 0.2) is 164 Å². The van der Waals surface area contributed by atoms with Crippen LogP contribution in [0.25, 0.3) is 51.0 Å². The monoisotopic (exact) mass is 831 g/mol. The molecule has 8 rings (SSSR count). The van der Waals surface area contributed by atoms with Crippen molar-refractivity contribution in [2.75, 3.05) is 12.0 Å². The fraction of sp³-hybridized carbons (Fsp3) is 0.300. The number of hydrogen-bond acceptors (Lipinski definition) is 2. The maximum atomic E-state index is 5.61. The first-order valence-electron chi connectivity index (χ1n) is 23.1. The molecule has 0 saturated heterocycles. The van der Waals surface area contributed by atoms with Gasteiger partial charge < -0.3 is 14.2 Å². The summed E-state index contributed by atoms with van der Waals surface area (Å²) in [6, 6.07) is 54.9. The van der Waals surface area contributed by atoms with Crippen molar-refractivity contribution in [3.63, 3.8) is 0 Å². The molecule has 7 aromatic rings. The Morgan fingerprint density at radius 1 is 0.683 bits per heavy atom. The van der Waals surface area contributed by atoms with Crippen molar-refractivity contribution in [3.8, 4) is 33.7 Å². The zero-order chi connectivity index (χ0) is 44.3. The van der Waals surface area contributed by atoms with Gasteiger partial charge in [0.25, 0.3) is 0 Å². The van der Waals surface area contributed by atoms with Crippen LogP contribution < -0.4 is 20.2 Å². The second kappa shape index (κ2) is 18.3. The Bertz CT molecular complexity index is 2760. The third kappa shape index (κ3) is 9.49. The SMILES string of the molecule is CCC=CC(C1CC=c2c(n(-c3ccc(OC)cc3)c3ccc(-c4ccc(N(c5ccccc5)c5ccc(-c6ccccc6)cc5)cc4)cc23)=C[C@H]1C)C(CC(C)(C)C)C(C)(C)C. The Morgan fingerprint density at radius 3 is 1.81 bits per heavy atom. The molecule has 3 heteroatoms. The minimum Gasteiger partial charge on any atom is -0.497 e. The standard InChI is InChI=1S/C60H66N2O/c1-10-11-22-53(56(60(6,7)8)41-59(3,4)5)52-36-37-54-55-40-46(27-38-57(55)62(58(54)39-42(52)2)50-32-34-51(63-9)35-33-50)45-25-30-49(31-26-45)61(47-20-16-13-17-21-47)48-28-23-44(24-29-48)43-18-14-12-15-19-43/h11-35,37-40,42,52-53,56H,10,36,41H2,1-9H3/t42-,52?,53?,56?/m1/s1. The molecule has 63 heavy (non-hydrogen) atoms. The van der Waals surface area contributed by atoms with Gasteiger partial charge in [-0.05, 0) is 149 Å². The molecule has 0 fully saturated rings. The molecule has 0 amide bonds. The summed E-state index contributed by atoms with van der Waals surface area (Å²) in [5, 5.41) is 3.92. The van der Waals surface area contributed by atoms with Crippen LogP contribution in [0.4, 0.5) is 17.1 Å². The smallest absolute Gasteiger partial charge is 0.119 e. The highest BCUT2D eigenvalue weighted by molar-refractivity contribution is 5.89. The molecular weight excluding hydrogens is 765 g/mol. The predicted octanol–water partition coefficient (Wildman–Crippen LogP) is 15.3. The average molecular weight is 831 g/mol. The first kappa shape index (κ1) is 43.6. The van der Waals surface area contributed by atoms with Gasteiger partial charge in [0.15, 0.2) is 0 Å². The topological polar surface area (TPSA) is 17.4 Å². The van der Waals surface area contributed by atoms with E-state index in [1.54, 1.807) is 7.11 Å². The Balaban J connectivity index is 1.21. The molecule has 322 valence electrons. The lowest BCUT2D eigenvalue weighted by Crippen LogP contribution is -2.36. The number of hydrogen-bond donors (Lipinski definition) is 0. The van der Waals surface area contributed by atoms with Crippen molar-refractivity contribution in [1.82, 2.24) is 4.57 Å². The van der Waals surface area contributed by atoms with Gasteiger partial charge in [-0.25, -0.2) is 0 Å². The third-order valence-corrected chi connectivity index (χ3v) is 13.3. The molecular formula is C60H66N2O. The van der Waals surface area contributed by atoms with E-state index in [1.807, 2.05) is 0 Å². The fourth-order valence-electron chi connectivity index (χ4n) is 10.1. The molecule has 3 unspecified atom stereocenters. The van der Waals surface area contributed by atoms with Crippen molar-refractivity contribution in [3.05, 3.63) is 174 Å². The van der Waals surface area contributed by atoms with Gasteiger partial charge in [0, 0.05) is 33.4 Å². The van der Waals surface area contributed by atoms with Crippen molar-refractivity contribution < 1.29 is 4.74 Å². The number of ether oxygens (including phenoxy) is 1. The van der Waals surface area contributed by atoms with Crippen LogP contribution in [0.2, 0.25) is 0 Å². The number of methoxy groups -OCH3 is 1. The number of nitrogens with zero attached hydrogens (tertiary/aromatic N) is 2. The summed E-state index contributed by atoms with van der Waals surface area (Å²) in [7, 11) is 1.74. The van der Waals surface area contributed by atoms with Crippen molar-refractivity contribution in [1.29, 1.82) is 0 Å². The number of aromatic nitrogens is 1. The number of anilines is 3. The van der Waals surface area contributed by atoms with E-state index in [0.29, 0.717) is 23.7 Å². The van der Waals surface area contributed by atoms with Crippen LogP contribution >= 0.6 is 0 Å². The van der Waals surface area contributed by atoms with Crippen LogP contribution in [-0.4, -0.2) is 11.7 Å². The predicted molar refractivity (Wildman–Crippen MR) is 271 cm³/mol. The lowest BCUT2D eigenvalue weighted by molar-refractivity contribution is 0.0857. The van der Waals surface area contributed by atoms with E-state index >= 15 is 0 Å². The minimum atomic E-state index is 0.176. The lowest BCUT2D eigenvalue weighted by atomic mass is 9.61.